The number of aromatic nitrogens is 1. The zero-order chi connectivity index (χ0) is 35.3. The molecule has 0 spiro atoms. The molecule has 1 aliphatic rings. The van der Waals surface area contributed by atoms with Gasteiger partial charge >= 0.3 is 0 Å². The Hall–Kier alpha value is -6.00. The van der Waals surface area contributed by atoms with Crippen LogP contribution in [0, 0.1) is 0 Å². The molecule has 0 fully saturated rings. The zero-order valence-electron chi connectivity index (χ0n) is 29.6. The van der Waals surface area contributed by atoms with Crippen LogP contribution in [-0.2, 0) is 0 Å². The third kappa shape index (κ3) is 4.68. The smallest absolute Gasteiger partial charge is 0.113 e. The maximum Gasteiger partial charge on any atom is 0.113 e. The van der Waals surface area contributed by atoms with Crippen LogP contribution in [0.25, 0.3) is 92.2 Å². The fraction of sp³-hybridized carbons (Fsp3) is 0.0400. The molecule has 0 bridgehead atoms. The Morgan fingerprint density at radius 1 is 0.377 bits per heavy atom. The lowest BCUT2D eigenvalue weighted by molar-refractivity contribution is 1.18. The van der Waals surface area contributed by atoms with Crippen LogP contribution in [-0.4, -0.2) is 12.6 Å². The molecular weight excluding hydrogens is 675 g/mol. The van der Waals surface area contributed by atoms with E-state index in [2.05, 4.69) is 194 Å². The van der Waals surface area contributed by atoms with Crippen molar-refractivity contribution in [2.45, 2.75) is 13.1 Å². The van der Waals surface area contributed by atoms with E-state index in [0.717, 1.165) is 0 Å². The van der Waals surface area contributed by atoms with Crippen LogP contribution in [0.1, 0.15) is 0 Å². The fourth-order valence-corrected chi connectivity index (χ4v) is 13.1. The summed E-state index contributed by atoms with van der Waals surface area (Å²) in [5.41, 5.74) is 14.0. The highest BCUT2D eigenvalue weighted by Gasteiger charge is 2.38. The molecule has 11 rings (SSSR count). The predicted octanol–water partition coefficient (Wildman–Crippen LogP) is 13.0. The molecule has 10 aromatic rings. The molecule has 0 saturated carbocycles. The summed E-state index contributed by atoms with van der Waals surface area (Å²) in [5.74, 6) is 0. The first-order valence-electron chi connectivity index (χ1n) is 18.4. The molecule has 0 saturated heterocycles. The molecule has 0 atom stereocenters. The number of fused-ring (bicyclic) bond motifs is 9. The summed E-state index contributed by atoms with van der Waals surface area (Å²) in [7, 11) is -2.03. The highest BCUT2D eigenvalue weighted by Crippen LogP contribution is 2.40. The van der Waals surface area contributed by atoms with E-state index in [0.29, 0.717) is 0 Å². The van der Waals surface area contributed by atoms with Gasteiger partial charge in [-0.15, -0.1) is 11.3 Å². The highest BCUT2D eigenvalue weighted by molar-refractivity contribution is 7.25. The predicted molar refractivity (Wildman–Crippen MR) is 232 cm³/mol. The molecule has 0 aliphatic carbocycles. The third-order valence-electron chi connectivity index (χ3n) is 11.6. The highest BCUT2D eigenvalue weighted by atomic mass is 32.1. The standard InChI is InChI=1S/C50H35NSSi/c1-53(2)49-30-37(36-20-26-48-44(29-36)39-15-9-10-16-47(39)52-48)17-22-40(49)41-23-21-38(31-50(41)53)51-45-24-18-34(32-11-5-3-6-12-32)27-42(45)43-28-35(19-25-46(43)51)33-13-7-4-8-14-33/h3-31H,1-2H3. The van der Waals surface area contributed by atoms with Gasteiger partial charge in [0.2, 0.25) is 0 Å². The SMILES string of the molecule is C[Si]1(C)c2cc(-c3ccc4sc5ccccc5c4c3)ccc2-c2ccc(-n3c4ccc(-c5ccccc5)cc4c4cc(-c5ccccc5)ccc43)cc21. The van der Waals surface area contributed by atoms with E-state index >= 15 is 0 Å². The van der Waals surface area contributed by atoms with E-state index in [1.807, 2.05) is 11.3 Å². The summed E-state index contributed by atoms with van der Waals surface area (Å²) in [4.78, 5) is 0. The minimum Gasteiger partial charge on any atom is -0.309 e. The van der Waals surface area contributed by atoms with Gasteiger partial charge in [0.1, 0.15) is 8.07 Å². The first-order valence-corrected chi connectivity index (χ1v) is 22.2. The topological polar surface area (TPSA) is 4.93 Å². The number of thiophene rings is 1. The molecule has 1 aliphatic heterocycles. The van der Waals surface area contributed by atoms with Crippen LogP contribution < -0.4 is 10.4 Å². The van der Waals surface area contributed by atoms with Crippen molar-refractivity contribution in [3.63, 3.8) is 0 Å². The molecule has 0 unspecified atom stereocenters. The molecule has 0 N–H and O–H groups in total. The van der Waals surface area contributed by atoms with Gasteiger partial charge in [-0.2, -0.15) is 0 Å². The van der Waals surface area contributed by atoms with Gasteiger partial charge in [-0.25, -0.2) is 0 Å². The van der Waals surface area contributed by atoms with E-state index in [9.17, 15) is 0 Å². The summed E-state index contributed by atoms with van der Waals surface area (Å²) in [6.45, 7) is 5.07. The number of rotatable bonds is 4. The van der Waals surface area contributed by atoms with E-state index in [1.165, 1.54) is 103 Å². The van der Waals surface area contributed by atoms with Gasteiger partial charge in [-0.1, -0.05) is 134 Å². The van der Waals surface area contributed by atoms with Crippen LogP contribution in [0.5, 0.6) is 0 Å². The van der Waals surface area contributed by atoms with Crippen molar-refractivity contribution in [2.24, 2.45) is 0 Å². The normalized spacial score (nSPS) is 13.2. The van der Waals surface area contributed by atoms with E-state index in [-0.39, 0.29) is 0 Å². The van der Waals surface area contributed by atoms with Crippen molar-refractivity contribution in [1.29, 1.82) is 0 Å². The van der Waals surface area contributed by atoms with E-state index in [1.54, 1.807) is 0 Å². The Labute approximate surface area is 314 Å². The quantitative estimate of drug-likeness (QED) is 0.160. The van der Waals surface area contributed by atoms with Gasteiger partial charge in [-0.3, -0.25) is 0 Å². The molecule has 3 heterocycles. The lowest BCUT2D eigenvalue weighted by Gasteiger charge is -2.20. The van der Waals surface area contributed by atoms with Gasteiger partial charge in [0.25, 0.3) is 0 Å². The van der Waals surface area contributed by atoms with Crippen molar-refractivity contribution >= 4 is 71.8 Å². The molecule has 250 valence electrons. The summed E-state index contributed by atoms with van der Waals surface area (Å²) in [5, 5.41) is 8.30. The monoisotopic (exact) mass is 709 g/mol. The van der Waals surface area contributed by atoms with Crippen LogP contribution in [0.15, 0.2) is 176 Å². The van der Waals surface area contributed by atoms with Crippen molar-refractivity contribution in [3.8, 4) is 50.2 Å². The van der Waals surface area contributed by atoms with Crippen molar-refractivity contribution in [1.82, 2.24) is 4.57 Å². The first-order chi connectivity index (χ1) is 26.0. The number of nitrogens with zero attached hydrogens (tertiary/aromatic N) is 1. The van der Waals surface area contributed by atoms with Crippen LogP contribution >= 0.6 is 11.3 Å². The second-order valence-electron chi connectivity index (χ2n) is 15.0. The number of hydrogen-bond donors (Lipinski definition) is 0. The molecular formula is C50H35NSSi. The molecule has 1 nitrogen and oxygen atoms in total. The molecule has 53 heavy (non-hydrogen) atoms. The summed E-state index contributed by atoms with van der Waals surface area (Å²) in [6, 6.07) is 65.7. The number of benzene rings is 8. The lowest BCUT2D eigenvalue weighted by atomic mass is 9.99. The average Bonchev–Trinajstić information content (AvgIpc) is 3.82. The molecule has 2 aromatic heterocycles. The Morgan fingerprint density at radius 2 is 0.868 bits per heavy atom. The Bertz CT molecular complexity index is 2980. The maximum absolute atomic E-state index is 2.53. The Kier molecular flexibility index (Phi) is 6.64. The summed E-state index contributed by atoms with van der Waals surface area (Å²) >= 11 is 1.88. The third-order valence-corrected chi connectivity index (χ3v) is 16.3. The van der Waals surface area contributed by atoms with Gasteiger partial charge in [-0.05, 0) is 109 Å². The largest absolute Gasteiger partial charge is 0.309 e. The van der Waals surface area contributed by atoms with Crippen LogP contribution in [0.2, 0.25) is 13.1 Å². The van der Waals surface area contributed by atoms with Crippen LogP contribution in [0.3, 0.4) is 0 Å². The summed E-state index contributed by atoms with van der Waals surface area (Å²) in [6.07, 6.45) is 0. The van der Waals surface area contributed by atoms with Crippen molar-refractivity contribution in [2.75, 3.05) is 0 Å². The van der Waals surface area contributed by atoms with Gasteiger partial charge in [0, 0.05) is 36.6 Å². The van der Waals surface area contributed by atoms with E-state index in [4.69, 9.17) is 0 Å². The summed E-state index contributed by atoms with van der Waals surface area (Å²) < 4.78 is 5.20. The second-order valence-corrected chi connectivity index (χ2v) is 20.4. The Morgan fingerprint density at radius 3 is 1.55 bits per heavy atom. The molecule has 8 aromatic carbocycles. The lowest BCUT2D eigenvalue weighted by Crippen LogP contribution is -2.49. The van der Waals surface area contributed by atoms with Gasteiger partial charge < -0.3 is 4.57 Å². The van der Waals surface area contributed by atoms with Gasteiger partial charge in [0.05, 0.1) is 11.0 Å². The zero-order valence-corrected chi connectivity index (χ0v) is 31.4. The van der Waals surface area contributed by atoms with Crippen LogP contribution in [0.4, 0.5) is 0 Å². The molecule has 3 heteroatoms. The molecule has 0 radical (unpaired) electrons. The van der Waals surface area contributed by atoms with Crippen molar-refractivity contribution in [3.05, 3.63) is 176 Å². The van der Waals surface area contributed by atoms with Crippen molar-refractivity contribution < 1.29 is 0 Å². The minimum atomic E-state index is -2.03. The maximum atomic E-state index is 2.53. The Balaban J connectivity index is 1.05. The fourth-order valence-electron chi connectivity index (χ4n) is 8.87. The first kappa shape index (κ1) is 30.6. The van der Waals surface area contributed by atoms with E-state index < -0.39 is 8.07 Å². The molecule has 0 amide bonds. The number of hydrogen-bond acceptors (Lipinski definition) is 1. The average molecular weight is 710 g/mol. The second kappa shape index (κ2) is 11.5. The minimum absolute atomic E-state index is 1.23. The van der Waals surface area contributed by atoms with Gasteiger partial charge in [0.15, 0.2) is 0 Å².